The van der Waals surface area contributed by atoms with Crippen LogP contribution in [0.2, 0.25) is 0 Å². The molecule has 0 bridgehead atoms. The third kappa shape index (κ3) is 43.1. The number of aliphatic hydroxyl groups excluding tert-OH is 1. The summed E-state index contributed by atoms with van der Waals surface area (Å²) in [5.74, 6) is -0.143. The Morgan fingerprint density at radius 2 is 0.947 bits per heavy atom. The first-order chi connectivity index (χ1) is 27.5. The molecule has 3 atom stereocenters. The first kappa shape index (κ1) is 56.2. The lowest BCUT2D eigenvalue weighted by molar-refractivity contribution is -0.870. The average molecular weight is 830 g/mol. The molecule has 0 aromatic rings. The molecule has 0 aromatic carbocycles. The molecule has 0 aromatic heterocycles. The highest BCUT2D eigenvalue weighted by molar-refractivity contribution is 7.47. The fourth-order valence-corrected chi connectivity index (χ4v) is 8.07. The molecule has 0 aliphatic rings. The third-order valence-corrected chi connectivity index (χ3v) is 12.2. The molecule has 0 saturated heterocycles. The van der Waals surface area contributed by atoms with Crippen LogP contribution in [0.4, 0.5) is 0 Å². The highest BCUT2D eigenvalue weighted by Crippen LogP contribution is 2.43. The smallest absolute Gasteiger partial charge is 0.391 e. The summed E-state index contributed by atoms with van der Waals surface area (Å²) in [6.07, 6.45) is 46.7. The van der Waals surface area contributed by atoms with Crippen LogP contribution in [0.3, 0.4) is 0 Å². The largest absolute Gasteiger partial charge is 0.472 e. The Morgan fingerprint density at radius 1 is 0.579 bits per heavy atom. The lowest BCUT2D eigenvalue weighted by Gasteiger charge is -2.26. The molecule has 0 aliphatic heterocycles. The number of carbonyl (C=O) groups excluding carboxylic acids is 1. The number of quaternary nitrogens is 1. The lowest BCUT2D eigenvalue weighted by Crippen LogP contribution is -2.46. The molecule has 0 saturated carbocycles. The Balaban J connectivity index is 4.24. The monoisotopic (exact) mass is 830 g/mol. The first-order valence-electron chi connectivity index (χ1n) is 24.6. The molecule has 8 nitrogen and oxygen atoms in total. The second-order valence-electron chi connectivity index (χ2n) is 18.2. The standard InChI is InChI=1S/C48H97N2O6P/c1-6-8-10-12-14-16-18-20-22-23-24-25-26-27-28-30-32-34-36-38-40-42-48(52)49-46(45-56-57(53,54)55-44-43-50(3,4)5)47(51)41-39-37-35-33-31-29-21-19-17-15-13-11-9-7-2/h20,22,46-47,51H,6-19,21,23-45H2,1-5H3,(H-,49,52,53,54)/p+1/b22-20-/t46-,47+/m0/s1. The molecule has 0 rings (SSSR count). The average Bonchev–Trinajstić information content (AvgIpc) is 3.16. The number of rotatable bonds is 45. The number of phosphoric ester groups is 1. The zero-order valence-electron chi connectivity index (χ0n) is 38.6. The first-order valence-corrected chi connectivity index (χ1v) is 26.0. The van der Waals surface area contributed by atoms with Crippen molar-refractivity contribution in [3.05, 3.63) is 12.2 Å². The molecule has 340 valence electrons. The van der Waals surface area contributed by atoms with Crippen molar-refractivity contribution in [1.29, 1.82) is 0 Å². The predicted molar refractivity (Wildman–Crippen MR) is 245 cm³/mol. The summed E-state index contributed by atoms with van der Waals surface area (Å²) in [5, 5.41) is 14.0. The van der Waals surface area contributed by atoms with Gasteiger partial charge in [-0.3, -0.25) is 13.8 Å². The summed E-state index contributed by atoms with van der Waals surface area (Å²) in [6, 6.07) is -0.756. The van der Waals surface area contributed by atoms with E-state index < -0.39 is 20.0 Å². The van der Waals surface area contributed by atoms with Gasteiger partial charge in [-0.15, -0.1) is 0 Å². The molecule has 57 heavy (non-hydrogen) atoms. The van der Waals surface area contributed by atoms with Crippen LogP contribution in [-0.4, -0.2) is 73.4 Å². The van der Waals surface area contributed by atoms with Gasteiger partial charge in [0, 0.05) is 6.42 Å². The van der Waals surface area contributed by atoms with Crippen molar-refractivity contribution >= 4 is 13.7 Å². The molecule has 9 heteroatoms. The summed E-state index contributed by atoms with van der Waals surface area (Å²) in [5.41, 5.74) is 0. The van der Waals surface area contributed by atoms with Gasteiger partial charge in [0.1, 0.15) is 13.2 Å². The summed E-state index contributed by atoms with van der Waals surface area (Å²) < 4.78 is 23.7. The van der Waals surface area contributed by atoms with Crippen LogP contribution in [0.5, 0.6) is 0 Å². The SMILES string of the molecule is CCCCCCCC/C=C\CCCCCCCCCCCCCC(=O)N[C@@H](COP(=O)(O)OCC[N+](C)(C)C)[C@H](O)CCCCCCCCCCCCCCCC. The van der Waals surface area contributed by atoms with Crippen molar-refractivity contribution in [2.45, 2.75) is 251 Å². The van der Waals surface area contributed by atoms with Crippen molar-refractivity contribution in [1.82, 2.24) is 5.32 Å². The summed E-state index contributed by atoms with van der Waals surface area (Å²) in [7, 11) is 1.62. The molecule has 1 amide bonds. The van der Waals surface area contributed by atoms with E-state index >= 15 is 0 Å². The number of aliphatic hydroxyl groups is 1. The van der Waals surface area contributed by atoms with Crippen molar-refractivity contribution in [3.8, 4) is 0 Å². The van der Waals surface area contributed by atoms with Crippen LogP contribution in [0.25, 0.3) is 0 Å². The number of nitrogens with zero attached hydrogens (tertiary/aromatic N) is 1. The van der Waals surface area contributed by atoms with Crippen LogP contribution in [0.15, 0.2) is 12.2 Å². The molecule has 3 N–H and O–H groups in total. The Labute approximate surface area is 354 Å². The van der Waals surface area contributed by atoms with E-state index in [0.29, 0.717) is 23.9 Å². The molecular formula is C48H98N2O6P+. The lowest BCUT2D eigenvalue weighted by atomic mass is 10.0. The Hall–Kier alpha value is -0.760. The van der Waals surface area contributed by atoms with Crippen LogP contribution < -0.4 is 5.32 Å². The molecular weight excluding hydrogens is 732 g/mol. The molecule has 0 spiro atoms. The van der Waals surface area contributed by atoms with Gasteiger partial charge in [0.25, 0.3) is 0 Å². The fourth-order valence-electron chi connectivity index (χ4n) is 7.34. The molecule has 1 unspecified atom stereocenters. The number of likely N-dealkylation sites (N-methyl/N-ethyl adjacent to an activating group) is 1. The maximum Gasteiger partial charge on any atom is 0.472 e. The molecule has 0 fully saturated rings. The van der Waals surface area contributed by atoms with Gasteiger partial charge < -0.3 is 19.8 Å². The van der Waals surface area contributed by atoms with E-state index in [1.54, 1.807) is 0 Å². The predicted octanol–water partition coefficient (Wildman–Crippen LogP) is 13.9. The second kappa shape index (κ2) is 40.6. The number of allylic oxidation sites excluding steroid dienone is 2. The van der Waals surface area contributed by atoms with E-state index in [0.717, 1.165) is 38.5 Å². The van der Waals surface area contributed by atoms with Gasteiger partial charge in [-0.2, -0.15) is 0 Å². The third-order valence-electron chi connectivity index (χ3n) is 11.3. The number of carbonyl (C=O) groups is 1. The van der Waals surface area contributed by atoms with E-state index in [2.05, 4.69) is 31.3 Å². The number of amides is 1. The van der Waals surface area contributed by atoms with E-state index in [1.165, 1.54) is 173 Å². The van der Waals surface area contributed by atoms with Crippen molar-refractivity contribution < 1.29 is 32.9 Å². The molecule has 0 radical (unpaired) electrons. The van der Waals surface area contributed by atoms with E-state index in [1.807, 2.05) is 21.1 Å². The van der Waals surface area contributed by atoms with Gasteiger partial charge in [0.15, 0.2) is 0 Å². The van der Waals surface area contributed by atoms with Gasteiger partial charge in [0.2, 0.25) is 5.91 Å². The highest BCUT2D eigenvalue weighted by Gasteiger charge is 2.28. The summed E-state index contributed by atoms with van der Waals surface area (Å²) >= 11 is 0. The summed E-state index contributed by atoms with van der Waals surface area (Å²) in [4.78, 5) is 23.2. The van der Waals surface area contributed by atoms with Gasteiger partial charge in [-0.1, -0.05) is 206 Å². The topological polar surface area (TPSA) is 105 Å². The maximum atomic E-state index is 12.9. The number of phosphoric acid groups is 1. The minimum absolute atomic E-state index is 0.0768. The van der Waals surface area contributed by atoms with Gasteiger partial charge in [-0.25, -0.2) is 4.57 Å². The van der Waals surface area contributed by atoms with Gasteiger partial charge in [0.05, 0.1) is 39.9 Å². The minimum Gasteiger partial charge on any atom is -0.391 e. The van der Waals surface area contributed by atoms with E-state index in [4.69, 9.17) is 9.05 Å². The summed E-state index contributed by atoms with van der Waals surface area (Å²) in [6.45, 7) is 4.90. The van der Waals surface area contributed by atoms with Crippen molar-refractivity contribution in [3.63, 3.8) is 0 Å². The van der Waals surface area contributed by atoms with Gasteiger partial charge >= 0.3 is 7.82 Å². The molecule has 0 heterocycles. The number of hydrogen-bond donors (Lipinski definition) is 3. The number of unbranched alkanes of at least 4 members (excludes halogenated alkanes) is 30. The zero-order valence-corrected chi connectivity index (χ0v) is 39.5. The van der Waals surface area contributed by atoms with E-state index in [9.17, 15) is 19.4 Å². The quantitative estimate of drug-likeness (QED) is 0.0244. The van der Waals surface area contributed by atoms with Crippen LogP contribution in [0.1, 0.15) is 239 Å². The van der Waals surface area contributed by atoms with E-state index in [-0.39, 0.29) is 19.1 Å². The Kier molecular flexibility index (Phi) is 40.1. The van der Waals surface area contributed by atoms with Crippen LogP contribution >= 0.6 is 7.82 Å². The normalized spacial score (nSPS) is 14.3. The minimum atomic E-state index is -4.31. The highest BCUT2D eigenvalue weighted by atomic mass is 31.2. The van der Waals surface area contributed by atoms with Crippen LogP contribution in [-0.2, 0) is 18.4 Å². The Morgan fingerprint density at radius 3 is 1.35 bits per heavy atom. The second-order valence-corrected chi connectivity index (χ2v) is 19.6. The maximum absolute atomic E-state index is 12.9. The van der Waals surface area contributed by atoms with Gasteiger partial charge in [-0.05, 0) is 38.5 Å². The fraction of sp³-hybridized carbons (Fsp3) is 0.938. The van der Waals surface area contributed by atoms with Crippen molar-refractivity contribution in [2.24, 2.45) is 0 Å². The zero-order chi connectivity index (χ0) is 42.1. The molecule has 0 aliphatic carbocycles. The number of nitrogens with one attached hydrogen (secondary N) is 1. The number of hydrogen-bond acceptors (Lipinski definition) is 5. The Bertz CT molecular complexity index is 942. The van der Waals surface area contributed by atoms with Crippen molar-refractivity contribution in [2.75, 3.05) is 40.9 Å². The van der Waals surface area contributed by atoms with Crippen LogP contribution in [0, 0.1) is 0 Å².